The van der Waals surface area contributed by atoms with Gasteiger partial charge in [0.15, 0.2) is 12.3 Å². The lowest BCUT2D eigenvalue weighted by Gasteiger charge is -2.36. The van der Waals surface area contributed by atoms with Crippen LogP contribution in [-0.2, 0) is 20.7 Å². The Bertz CT molecular complexity index is 1200. The molecule has 0 saturated carbocycles. The molecule has 40 heavy (non-hydrogen) atoms. The number of carbonyl (C=O) groups excluding carboxylic acids is 2. The van der Waals surface area contributed by atoms with E-state index in [1.807, 2.05) is 36.4 Å². The Hall–Kier alpha value is -2.52. The standard InChI is InChI=1S/C30H39Cl2N3O5/c1-21(2)30(3,38)29(37)40-20-35-26-19-23(11-9-22(26)10-12-27(35)36)39-18-5-4-13-33-14-16-34(17-15-33)25-8-6-7-24(31)28(25)32/h6-9,11,19,21,38H,4-5,10,12-18,20H2,1-3H3. The van der Waals surface area contributed by atoms with Crippen molar-refractivity contribution in [3.63, 3.8) is 0 Å². The molecule has 0 aliphatic carbocycles. The van der Waals surface area contributed by atoms with Crippen LogP contribution >= 0.6 is 23.2 Å². The number of aliphatic hydroxyl groups is 1. The van der Waals surface area contributed by atoms with Crippen LogP contribution in [0.25, 0.3) is 0 Å². The second-order valence-electron chi connectivity index (χ2n) is 10.9. The van der Waals surface area contributed by atoms with Crippen LogP contribution in [0.15, 0.2) is 36.4 Å². The lowest BCUT2D eigenvalue weighted by atomic mass is 9.93. The van der Waals surface area contributed by atoms with Gasteiger partial charge in [0.1, 0.15) is 5.75 Å². The lowest BCUT2D eigenvalue weighted by molar-refractivity contribution is -0.168. The number of halogens is 2. The van der Waals surface area contributed by atoms with E-state index in [2.05, 4.69) is 9.80 Å². The molecule has 0 aromatic heterocycles. The Labute approximate surface area is 246 Å². The molecule has 0 bridgehead atoms. The number of esters is 1. The highest BCUT2D eigenvalue weighted by Crippen LogP contribution is 2.34. The number of piperazine rings is 1. The molecular weight excluding hydrogens is 553 g/mol. The van der Waals surface area contributed by atoms with E-state index in [0.717, 1.165) is 56.8 Å². The number of unbranched alkanes of at least 4 members (excludes halogenated alkanes) is 1. The van der Waals surface area contributed by atoms with Crippen molar-refractivity contribution in [1.82, 2.24) is 4.90 Å². The Balaban J connectivity index is 1.22. The highest BCUT2D eigenvalue weighted by atomic mass is 35.5. The maximum atomic E-state index is 12.7. The van der Waals surface area contributed by atoms with Gasteiger partial charge in [-0.05, 0) is 62.4 Å². The Morgan fingerprint density at radius 1 is 1.05 bits per heavy atom. The average Bonchev–Trinajstić information content (AvgIpc) is 2.94. The second kappa shape index (κ2) is 13.4. The van der Waals surface area contributed by atoms with Gasteiger partial charge in [0.05, 0.1) is 28.0 Å². The third kappa shape index (κ3) is 7.21. The van der Waals surface area contributed by atoms with E-state index in [9.17, 15) is 14.7 Å². The number of hydrogen-bond acceptors (Lipinski definition) is 7. The number of hydrogen-bond donors (Lipinski definition) is 1. The molecule has 10 heteroatoms. The highest BCUT2D eigenvalue weighted by Gasteiger charge is 2.36. The van der Waals surface area contributed by atoms with E-state index in [-0.39, 0.29) is 18.6 Å². The molecule has 1 unspecified atom stereocenters. The van der Waals surface area contributed by atoms with Crippen molar-refractivity contribution in [2.24, 2.45) is 5.92 Å². The molecule has 2 aromatic carbocycles. The van der Waals surface area contributed by atoms with Gasteiger partial charge in [-0.2, -0.15) is 0 Å². The summed E-state index contributed by atoms with van der Waals surface area (Å²) in [4.78, 5) is 31.3. The number of rotatable bonds is 11. The van der Waals surface area contributed by atoms with Crippen molar-refractivity contribution in [2.45, 2.75) is 52.1 Å². The molecule has 1 atom stereocenters. The molecule has 1 fully saturated rings. The zero-order chi connectivity index (χ0) is 28.9. The van der Waals surface area contributed by atoms with Gasteiger partial charge in [-0.15, -0.1) is 0 Å². The van der Waals surface area contributed by atoms with Crippen LogP contribution in [-0.4, -0.2) is 73.5 Å². The van der Waals surface area contributed by atoms with E-state index in [4.69, 9.17) is 32.7 Å². The van der Waals surface area contributed by atoms with Gasteiger partial charge >= 0.3 is 5.97 Å². The van der Waals surface area contributed by atoms with E-state index < -0.39 is 11.6 Å². The average molecular weight is 593 g/mol. The molecule has 2 aromatic rings. The topological polar surface area (TPSA) is 82.5 Å². The summed E-state index contributed by atoms with van der Waals surface area (Å²) in [5, 5.41) is 11.6. The van der Waals surface area contributed by atoms with Crippen molar-refractivity contribution in [3.05, 3.63) is 52.0 Å². The van der Waals surface area contributed by atoms with Crippen molar-refractivity contribution < 1.29 is 24.2 Å². The summed E-state index contributed by atoms with van der Waals surface area (Å²) in [5.74, 6) is -0.517. The van der Waals surface area contributed by atoms with Crippen LogP contribution in [0.5, 0.6) is 5.75 Å². The molecule has 0 spiro atoms. The van der Waals surface area contributed by atoms with Gasteiger partial charge in [-0.1, -0.05) is 49.2 Å². The molecule has 0 radical (unpaired) electrons. The van der Waals surface area contributed by atoms with Crippen molar-refractivity contribution >= 4 is 46.5 Å². The van der Waals surface area contributed by atoms with E-state index in [0.29, 0.717) is 40.9 Å². The van der Waals surface area contributed by atoms with E-state index in [1.54, 1.807) is 13.8 Å². The molecule has 1 amide bonds. The molecule has 218 valence electrons. The van der Waals surface area contributed by atoms with Gasteiger partial charge in [-0.25, -0.2) is 4.79 Å². The van der Waals surface area contributed by atoms with Gasteiger partial charge in [0.25, 0.3) is 0 Å². The predicted molar refractivity (Wildman–Crippen MR) is 159 cm³/mol. The molecule has 1 saturated heterocycles. The highest BCUT2D eigenvalue weighted by molar-refractivity contribution is 6.43. The van der Waals surface area contributed by atoms with Crippen LogP contribution in [0.2, 0.25) is 10.0 Å². The minimum Gasteiger partial charge on any atom is -0.494 e. The SMILES string of the molecule is CC(C)C(C)(O)C(=O)OCN1C(=O)CCc2ccc(OCCCCN3CCN(c4cccc(Cl)c4Cl)CC3)cc21. The number of ether oxygens (including phenoxy) is 2. The first-order valence-corrected chi connectivity index (χ1v) is 14.7. The Kier molecular flexibility index (Phi) is 10.2. The molecule has 2 heterocycles. The lowest BCUT2D eigenvalue weighted by Crippen LogP contribution is -2.46. The maximum absolute atomic E-state index is 12.7. The number of aryl methyl sites for hydroxylation is 1. The number of amides is 1. The maximum Gasteiger partial charge on any atom is 0.339 e. The number of nitrogens with zero attached hydrogens (tertiary/aromatic N) is 3. The number of fused-ring (bicyclic) bond motifs is 1. The molecule has 2 aliphatic heterocycles. The summed E-state index contributed by atoms with van der Waals surface area (Å²) in [7, 11) is 0. The largest absolute Gasteiger partial charge is 0.494 e. The smallest absolute Gasteiger partial charge is 0.339 e. The molecule has 2 aliphatic rings. The molecular formula is C30H39Cl2N3O5. The summed E-state index contributed by atoms with van der Waals surface area (Å²) in [6.45, 7) is 9.98. The Morgan fingerprint density at radius 2 is 1.80 bits per heavy atom. The van der Waals surface area contributed by atoms with E-state index in [1.165, 1.54) is 11.8 Å². The quantitative estimate of drug-likeness (QED) is 0.285. The molecule has 8 nitrogen and oxygen atoms in total. The Morgan fingerprint density at radius 3 is 2.52 bits per heavy atom. The monoisotopic (exact) mass is 591 g/mol. The van der Waals surface area contributed by atoms with Gasteiger partial charge in [0, 0.05) is 38.7 Å². The summed E-state index contributed by atoms with van der Waals surface area (Å²) >= 11 is 12.6. The van der Waals surface area contributed by atoms with Crippen molar-refractivity contribution in [2.75, 3.05) is 55.9 Å². The molecule has 1 N–H and O–H groups in total. The normalized spacial score (nSPS) is 17.5. The number of carbonyl (C=O) groups is 2. The summed E-state index contributed by atoms with van der Waals surface area (Å²) < 4.78 is 11.4. The van der Waals surface area contributed by atoms with Gasteiger partial charge < -0.3 is 19.5 Å². The third-order valence-electron chi connectivity index (χ3n) is 7.90. The fourth-order valence-electron chi connectivity index (χ4n) is 4.83. The van der Waals surface area contributed by atoms with Crippen LogP contribution in [0.3, 0.4) is 0 Å². The number of anilines is 2. The summed E-state index contributed by atoms with van der Waals surface area (Å²) in [6.07, 6.45) is 2.88. The third-order valence-corrected chi connectivity index (χ3v) is 8.71. The minimum absolute atomic E-state index is 0.126. The minimum atomic E-state index is -1.62. The first-order chi connectivity index (χ1) is 19.1. The zero-order valence-corrected chi connectivity index (χ0v) is 25.0. The first-order valence-electron chi connectivity index (χ1n) is 13.9. The molecule has 4 rings (SSSR count). The van der Waals surface area contributed by atoms with E-state index >= 15 is 0 Å². The second-order valence-corrected chi connectivity index (χ2v) is 11.7. The number of benzene rings is 2. The fourth-order valence-corrected chi connectivity index (χ4v) is 5.25. The van der Waals surface area contributed by atoms with Crippen molar-refractivity contribution in [3.8, 4) is 5.75 Å². The van der Waals surface area contributed by atoms with Crippen LogP contribution in [0.4, 0.5) is 11.4 Å². The van der Waals surface area contributed by atoms with Gasteiger partial charge in [0.2, 0.25) is 5.91 Å². The summed E-state index contributed by atoms with van der Waals surface area (Å²) in [5.41, 5.74) is 1.05. The van der Waals surface area contributed by atoms with Crippen LogP contribution < -0.4 is 14.5 Å². The van der Waals surface area contributed by atoms with Crippen LogP contribution in [0.1, 0.15) is 45.6 Å². The van der Waals surface area contributed by atoms with Crippen LogP contribution in [0, 0.1) is 5.92 Å². The first kappa shape index (κ1) is 30.4. The van der Waals surface area contributed by atoms with Gasteiger partial charge in [-0.3, -0.25) is 14.6 Å². The predicted octanol–water partition coefficient (Wildman–Crippen LogP) is 5.16. The fraction of sp³-hybridized carbons (Fsp3) is 0.533. The summed E-state index contributed by atoms with van der Waals surface area (Å²) in [6, 6.07) is 11.5. The zero-order valence-electron chi connectivity index (χ0n) is 23.5. The van der Waals surface area contributed by atoms with Crippen molar-refractivity contribution in [1.29, 1.82) is 0 Å².